The topological polar surface area (TPSA) is 112 Å². The number of halogens is 1. The zero-order chi connectivity index (χ0) is 21.5. The molecule has 1 heterocycles. The van der Waals surface area contributed by atoms with E-state index in [9.17, 15) is 18.8 Å². The average molecular weight is 418 g/mol. The van der Waals surface area contributed by atoms with Gasteiger partial charge in [0.2, 0.25) is 6.10 Å². The lowest BCUT2D eigenvalue weighted by Crippen LogP contribution is -2.51. The Morgan fingerprint density at radius 3 is 2.53 bits per heavy atom. The number of hydrogen-bond acceptors (Lipinski definition) is 7. The van der Waals surface area contributed by atoms with Crippen LogP contribution < -0.4 is 25.1 Å². The van der Waals surface area contributed by atoms with Crippen molar-refractivity contribution in [2.45, 2.75) is 19.1 Å². The van der Waals surface area contributed by atoms with Gasteiger partial charge >= 0.3 is 5.97 Å². The first-order valence-corrected chi connectivity index (χ1v) is 8.98. The number of ether oxygens (including phenoxy) is 4. The number of fused-ring (bicyclic) bond motifs is 1. The number of nitrogens with one attached hydrogen (secondary N) is 2. The summed E-state index contributed by atoms with van der Waals surface area (Å²) in [7, 11) is 0. The molecular formula is C20H19FN2O7. The maximum absolute atomic E-state index is 12.9. The van der Waals surface area contributed by atoms with Gasteiger partial charge in [0, 0.05) is 0 Å². The third-order valence-corrected chi connectivity index (χ3v) is 3.93. The lowest BCUT2D eigenvalue weighted by Gasteiger charge is -2.25. The fraction of sp³-hybridized carbons (Fsp3) is 0.250. The normalized spacial score (nSPS) is 15.5. The Balaban J connectivity index is 1.37. The predicted octanol–water partition coefficient (Wildman–Crippen LogP) is 1.12. The number of benzene rings is 2. The molecule has 0 bridgehead atoms. The number of rotatable bonds is 6. The van der Waals surface area contributed by atoms with Gasteiger partial charge in [0.15, 0.2) is 24.2 Å². The van der Waals surface area contributed by atoms with Crippen LogP contribution >= 0.6 is 0 Å². The van der Waals surface area contributed by atoms with Crippen molar-refractivity contribution >= 4 is 17.8 Å². The largest absolute Gasteiger partial charge is 0.485 e. The van der Waals surface area contributed by atoms with E-state index in [-0.39, 0.29) is 12.4 Å². The number of esters is 1. The first-order chi connectivity index (χ1) is 14.4. The molecule has 3 rings (SSSR count). The summed E-state index contributed by atoms with van der Waals surface area (Å²) in [6.45, 7) is 0.761. The molecular weight excluding hydrogens is 399 g/mol. The summed E-state index contributed by atoms with van der Waals surface area (Å²) >= 11 is 0. The molecule has 10 heteroatoms. The molecule has 0 aliphatic carbocycles. The Hall–Kier alpha value is -3.82. The number of amides is 2. The highest BCUT2D eigenvalue weighted by Gasteiger charge is 2.27. The highest BCUT2D eigenvalue weighted by atomic mass is 19.1. The van der Waals surface area contributed by atoms with Gasteiger partial charge in [0.05, 0.1) is 0 Å². The van der Waals surface area contributed by atoms with Crippen LogP contribution in [0.5, 0.6) is 17.2 Å². The maximum Gasteiger partial charge on any atom is 0.347 e. The SMILES string of the molecule is C[C@H](Oc1ccc(F)cc1)C(=O)OCC(=O)NNC(=O)[C@@H]1COc2ccccc2O1. The molecule has 0 unspecified atom stereocenters. The molecule has 0 spiro atoms. The summed E-state index contributed by atoms with van der Waals surface area (Å²) in [5, 5.41) is 0. The lowest BCUT2D eigenvalue weighted by atomic mass is 10.2. The summed E-state index contributed by atoms with van der Waals surface area (Å²) in [6, 6.07) is 12.0. The van der Waals surface area contributed by atoms with Gasteiger partial charge in [-0.1, -0.05) is 12.1 Å². The van der Waals surface area contributed by atoms with Gasteiger partial charge in [-0.25, -0.2) is 9.18 Å². The molecule has 30 heavy (non-hydrogen) atoms. The second-order valence-electron chi connectivity index (χ2n) is 6.22. The molecule has 2 amide bonds. The predicted molar refractivity (Wildman–Crippen MR) is 100 cm³/mol. The number of para-hydroxylation sites is 2. The van der Waals surface area contributed by atoms with Crippen LogP contribution in [-0.2, 0) is 19.1 Å². The molecule has 1 aliphatic rings. The minimum Gasteiger partial charge on any atom is -0.485 e. The summed E-state index contributed by atoms with van der Waals surface area (Å²) in [6.07, 6.45) is -1.97. The second kappa shape index (κ2) is 9.59. The summed E-state index contributed by atoms with van der Waals surface area (Å²) in [4.78, 5) is 35.8. The van der Waals surface area contributed by atoms with Gasteiger partial charge < -0.3 is 18.9 Å². The van der Waals surface area contributed by atoms with Crippen LogP contribution in [0.15, 0.2) is 48.5 Å². The molecule has 2 atom stereocenters. The summed E-state index contributed by atoms with van der Waals surface area (Å²) < 4.78 is 33.9. The van der Waals surface area contributed by atoms with Crippen molar-refractivity contribution in [3.63, 3.8) is 0 Å². The van der Waals surface area contributed by atoms with E-state index < -0.39 is 42.4 Å². The third kappa shape index (κ3) is 5.60. The van der Waals surface area contributed by atoms with E-state index in [4.69, 9.17) is 18.9 Å². The highest BCUT2D eigenvalue weighted by Crippen LogP contribution is 2.30. The molecule has 1 aliphatic heterocycles. The monoisotopic (exact) mass is 418 g/mol. The number of hydrogen-bond donors (Lipinski definition) is 2. The van der Waals surface area contributed by atoms with Crippen LogP contribution in [0.3, 0.4) is 0 Å². The molecule has 2 aromatic rings. The van der Waals surface area contributed by atoms with Crippen molar-refractivity contribution < 1.29 is 37.7 Å². The van der Waals surface area contributed by atoms with Crippen LogP contribution in [0.2, 0.25) is 0 Å². The van der Waals surface area contributed by atoms with Gasteiger partial charge in [-0.15, -0.1) is 0 Å². The molecule has 0 aromatic heterocycles. The van der Waals surface area contributed by atoms with E-state index >= 15 is 0 Å². The van der Waals surface area contributed by atoms with Crippen LogP contribution in [0.4, 0.5) is 4.39 Å². The molecule has 0 saturated carbocycles. The molecule has 0 saturated heterocycles. The third-order valence-electron chi connectivity index (χ3n) is 3.93. The minimum atomic E-state index is -1.02. The van der Waals surface area contributed by atoms with Gasteiger partial charge in [0.25, 0.3) is 11.8 Å². The maximum atomic E-state index is 12.9. The minimum absolute atomic E-state index is 0.0219. The zero-order valence-corrected chi connectivity index (χ0v) is 15.9. The smallest absolute Gasteiger partial charge is 0.347 e. The number of carbonyl (C=O) groups excluding carboxylic acids is 3. The molecule has 158 valence electrons. The fourth-order valence-corrected chi connectivity index (χ4v) is 2.42. The fourth-order valence-electron chi connectivity index (χ4n) is 2.42. The van der Waals surface area contributed by atoms with E-state index in [2.05, 4.69) is 10.9 Å². The van der Waals surface area contributed by atoms with Crippen LogP contribution in [0, 0.1) is 5.82 Å². The molecule has 2 aromatic carbocycles. The standard InChI is InChI=1S/C20H19FN2O7/c1-12(29-14-8-6-13(21)7-9-14)20(26)28-11-18(24)22-23-19(25)17-10-27-15-4-2-3-5-16(15)30-17/h2-9,12,17H,10-11H2,1H3,(H,22,24)(H,23,25)/t12-,17-/m0/s1. The quantitative estimate of drug-likeness (QED) is 0.534. The first-order valence-electron chi connectivity index (χ1n) is 8.98. The lowest BCUT2D eigenvalue weighted by molar-refractivity contribution is -0.155. The van der Waals surface area contributed by atoms with Gasteiger partial charge in [-0.2, -0.15) is 0 Å². The Labute approximate surface area is 171 Å². The van der Waals surface area contributed by atoms with Crippen molar-refractivity contribution in [2.24, 2.45) is 0 Å². The van der Waals surface area contributed by atoms with Crippen molar-refractivity contribution in [3.05, 3.63) is 54.3 Å². The van der Waals surface area contributed by atoms with Gasteiger partial charge in [-0.05, 0) is 43.3 Å². The van der Waals surface area contributed by atoms with E-state index in [1.165, 1.54) is 31.2 Å². The molecule has 0 radical (unpaired) electrons. The van der Waals surface area contributed by atoms with Crippen molar-refractivity contribution in [1.29, 1.82) is 0 Å². The van der Waals surface area contributed by atoms with Crippen LogP contribution in [0.1, 0.15) is 6.92 Å². The molecule has 9 nitrogen and oxygen atoms in total. The van der Waals surface area contributed by atoms with Gasteiger partial charge in [-0.3, -0.25) is 20.4 Å². The van der Waals surface area contributed by atoms with Crippen molar-refractivity contribution in [3.8, 4) is 17.2 Å². The van der Waals surface area contributed by atoms with Crippen molar-refractivity contribution in [1.82, 2.24) is 10.9 Å². The Kier molecular flexibility index (Phi) is 6.68. The summed E-state index contributed by atoms with van der Waals surface area (Å²) in [5.41, 5.74) is 4.30. The first kappa shape index (κ1) is 20.9. The second-order valence-corrected chi connectivity index (χ2v) is 6.22. The van der Waals surface area contributed by atoms with Gasteiger partial charge in [0.1, 0.15) is 18.2 Å². The number of hydrazine groups is 1. The van der Waals surface area contributed by atoms with Crippen LogP contribution in [-0.4, -0.2) is 43.2 Å². The van der Waals surface area contributed by atoms with E-state index in [1.807, 2.05) is 0 Å². The van der Waals surface area contributed by atoms with E-state index in [0.29, 0.717) is 11.5 Å². The summed E-state index contributed by atoms with van der Waals surface area (Å²) in [5.74, 6) is -1.42. The van der Waals surface area contributed by atoms with Crippen molar-refractivity contribution in [2.75, 3.05) is 13.2 Å². The average Bonchev–Trinajstić information content (AvgIpc) is 2.76. The Morgan fingerprint density at radius 1 is 1.10 bits per heavy atom. The molecule has 0 fully saturated rings. The van der Waals surface area contributed by atoms with Crippen LogP contribution in [0.25, 0.3) is 0 Å². The Morgan fingerprint density at radius 2 is 1.80 bits per heavy atom. The highest BCUT2D eigenvalue weighted by molar-refractivity contribution is 5.86. The van der Waals surface area contributed by atoms with E-state index in [1.54, 1.807) is 24.3 Å². The van der Waals surface area contributed by atoms with E-state index in [0.717, 1.165) is 0 Å². The molecule has 2 N–H and O–H groups in total. The number of carbonyl (C=O) groups is 3. The zero-order valence-electron chi connectivity index (χ0n) is 15.9. The Bertz CT molecular complexity index is 920.